The maximum Gasteiger partial charge on any atom is 0.0790 e. The number of benzene rings is 1. The Balaban J connectivity index is 2.52. The predicted molar refractivity (Wildman–Crippen MR) is 75.5 cm³/mol. The molecule has 0 aliphatic rings. The fourth-order valence-corrected chi connectivity index (χ4v) is 2.25. The number of halogens is 2. The van der Waals surface area contributed by atoms with Gasteiger partial charge in [-0.2, -0.15) is 0 Å². The lowest BCUT2D eigenvalue weighted by Crippen LogP contribution is -1.98. The second-order valence-corrected chi connectivity index (χ2v) is 6.22. The highest BCUT2D eigenvalue weighted by atomic mass is 79.9. The van der Waals surface area contributed by atoms with Crippen molar-refractivity contribution in [3.05, 3.63) is 32.7 Å². The molecule has 0 radical (unpaired) electrons. The smallest absolute Gasteiger partial charge is 0.0790 e. The van der Waals surface area contributed by atoms with Crippen LogP contribution < -0.4 is 0 Å². The van der Waals surface area contributed by atoms with Crippen LogP contribution in [0.5, 0.6) is 0 Å². The topological polar surface area (TPSA) is 20.2 Å². The molecule has 1 aromatic rings. The maximum atomic E-state index is 10.0. The molecule has 0 saturated heterocycles. The molecule has 16 heavy (non-hydrogen) atoms. The van der Waals surface area contributed by atoms with Crippen molar-refractivity contribution in [2.45, 2.75) is 39.2 Å². The van der Waals surface area contributed by atoms with E-state index in [-0.39, 0.29) is 6.10 Å². The van der Waals surface area contributed by atoms with Crippen LogP contribution in [0.4, 0.5) is 0 Å². The van der Waals surface area contributed by atoms with Crippen molar-refractivity contribution in [2.75, 3.05) is 0 Å². The molecule has 3 heteroatoms. The van der Waals surface area contributed by atoms with Crippen molar-refractivity contribution in [1.29, 1.82) is 0 Å². The number of aliphatic hydroxyl groups excluding tert-OH is 1. The number of hydrogen-bond donors (Lipinski definition) is 1. The van der Waals surface area contributed by atoms with Gasteiger partial charge in [0.05, 0.1) is 6.10 Å². The summed E-state index contributed by atoms with van der Waals surface area (Å²) in [4.78, 5) is 0. The highest BCUT2D eigenvalue weighted by molar-refractivity contribution is 9.13. The first-order valence-electron chi connectivity index (χ1n) is 5.63. The average Bonchev–Trinajstić information content (AvgIpc) is 2.21. The van der Waals surface area contributed by atoms with E-state index < -0.39 is 0 Å². The molecule has 0 spiro atoms. The van der Waals surface area contributed by atoms with E-state index >= 15 is 0 Å². The van der Waals surface area contributed by atoms with Crippen molar-refractivity contribution in [1.82, 2.24) is 0 Å². The molecule has 0 bridgehead atoms. The molecule has 1 unspecified atom stereocenters. The Kier molecular flexibility index (Phi) is 6.01. The lowest BCUT2D eigenvalue weighted by atomic mass is 10.0. The van der Waals surface area contributed by atoms with Crippen LogP contribution in [0.3, 0.4) is 0 Å². The summed E-state index contributed by atoms with van der Waals surface area (Å²) < 4.78 is 2.01. The molecule has 0 aliphatic carbocycles. The number of hydrogen-bond acceptors (Lipinski definition) is 1. The van der Waals surface area contributed by atoms with Gasteiger partial charge in [-0.05, 0) is 61.9 Å². The van der Waals surface area contributed by atoms with Crippen LogP contribution in [0, 0.1) is 5.92 Å². The molecule has 0 heterocycles. The van der Waals surface area contributed by atoms with Crippen molar-refractivity contribution in [2.24, 2.45) is 5.92 Å². The second kappa shape index (κ2) is 6.77. The second-order valence-electron chi connectivity index (χ2n) is 4.51. The van der Waals surface area contributed by atoms with Gasteiger partial charge >= 0.3 is 0 Å². The molecule has 1 N–H and O–H groups in total. The van der Waals surface area contributed by atoms with Gasteiger partial charge in [0.15, 0.2) is 0 Å². The highest BCUT2D eigenvalue weighted by Gasteiger charge is 2.09. The highest BCUT2D eigenvalue weighted by Crippen LogP contribution is 2.28. The molecule has 1 nitrogen and oxygen atoms in total. The fraction of sp³-hybridized carbons (Fsp3) is 0.538. The zero-order chi connectivity index (χ0) is 12.1. The summed E-state index contributed by atoms with van der Waals surface area (Å²) in [6.07, 6.45) is 2.75. The Morgan fingerprint density at radius 1 is 1.12 bits per heavy atom. The first-order valence-corrected chi connectivity index (χ1v) is 7.22. The van der Waals surface area contributed by atoms with Crippen molar-refractivity contribution >= 4 is 31.9 Å². The van der Waals surface area contributed by atoms with Gasteiger partial charge in [-0.15, -0.1) is 0 Å². The van der Waals surface area contributed by atoms with Gasteiger partial charge < -0.3 is 5.11 Å². The van der Waals surface area contributed by atoms with E-state index in [9.17, 15) is 5.11 Å². The van der Waals surface area contributed by atoms with E-state index in [0.29, 0.717) is 5.92 Å². The molecule has 0 aliphatic heterocycles. The third-order valence-electron chi connectivity index (χ3n) is 2.59. The molecular formula is C13H18Br2O. The molecule has 0 saturated carbocycles. The van der Waals surface area contributed by atoms with Crippen LogP contribution in [0.2, 0.25) is 0 Å². The Bertz CT molecular complexity index is 337. The first kappa shape index (κ1) is 14.2. The Labute approximate surface area is 115 Å². The van der Waals surface area contributed by atoms with E-state index in [1.54, 1.807) is 0 Å². The van der Waals surface area contributed by atoms with Crippen LogP contribution in [0.25, 0.3) is 0 Å². The summed E-state index contributed by atoms with van der Waals surface area (Å²) in [5.74, 6) is 0.712. The van der Waals surface area contributed by atoms with Crippen LogP contribution >= 0.6 is 31.9 Å². The molecule has 0 fully saturated rings. The van der Waals surface area contributed by atoms with Crippen LogP contribution in [0.15, 0.2) is 27.1 Å². The van der Waals surface area contributed by atoms with Gasteiger partial charge in [0, 0.05) is 8.95 Å². The van der Waals surface area contributed by atoms with Gasteiger partial charge in [-0.1, -0.05) is 32.8 Å². The summed E-state index contributed by atoms with van der Waals surface area (Å²) in [7, 11) is 0. The number of aliphatic hydroxyl groups is 1. The average molecular weight is 350 g/mol. The Morgan fingerprint density at radius 2 is 1.81 bits per heavy atom. The minimum atomic E-state index is -0.344. The SMILES string of the molecule is CC(C)CCCC(O)c1ccc(Br)c(Br)c1. The van der Waals surface area contributed by atoms with Gasteiger partial charge in [0.25, 0.3) is 0 Å². The standard InChI is InChI=1S/C13H18Br2O/c1-9(2)4-3-5-13(16)10-6-7-11(14)12(15)8-10/h6-9,13,16H,3-5H2,1-2H3. The van der Waals surface area contributed by atoms with Crippen molar-refractivity contribution in [3.8, 4) is 0 Å². The van der Waals surface area contributed by atoms with Gasteiger partial charge in [0.2, 0.25) is 0 Å². The largest absolute Gasteiger partial charge is 0.388 e. The van der Waals surface area contributed by atoms with Crippen molar-refractivity contribution in [3.63, 3.8) is 0 Å². The van der Waals surface area contributed by atoms with Crippen LogP contribution in [-0.4, -0.2) is 5.11 Å². The van der Waals surface area contributed by atoms with E-state index in [1.807, 2.05) is 18.2 Å². The van der Waals surface area contributed by atoms with Gasteiger partial charge in [-0.25, -0.2) is 0 Å². The molecular weight excluding hydrogens is 332 g/mol. The van der Waals surface area contributed by atoms with E-state index in [2.05, 4.69) is 45.7 Å². The summed E-state index contributed by atoms with van der Waals surface area (Å²) in [6, 6.07) is 5.91. The molecule has 0 aromatic heterocycles. The maximum absolute atomic E-state index is 10.0. The zero-order valence-electron chi connectivity index (χ0n) is 9.71. The fourth-order valence-electron chi connectivity index (χ4n) is 1.61. The minimum absolute atomic E-state index is 0.344. The summed E-state index contributed by atoms with van der Waals surface area (Å²) >= 11 is 6.87. The van der Waals surface area contributed by atoms with Crippen LogP contribution in [0.1, 0.15) is 44.8 Å². The third kappa shape index (κ3) is 4.56. The third-order valence-corrected chi connectivity index (χ3v) is 4.47. The summed E-state index contributed by atoms with van der Waals surface area (Å²) in [6.45, 7) is 4.42. The lowest BCUT2D eigenvalue weighted by molar-refractivity contribution is 0.162. The minimum Gasteiger partial charge on any atom is -0.388 e. The normalized spacial score (nSPS) is 13.1. The van der Waals surface area contributed by atoms with E-state index in [0.717, 1.165) is 27.4 Å². The summed E-state index contributed by atoms with van der Waals surface area (Å²) in [5, 5.41) is 10.0. The van der Waals surface area contributed by atoms with Crippen LogP contribution in [-0.2, 0) is 0 Å². The van der Waals surface area contributed by atoms with E-state index in [4.69, 9.17) is 0 Å². The molecule has 0 amide bonds. The first-order chi connectivity index (χ1) is 7.50. The Hall–Kier alpha value is 0.140. The van der Waals surface area contributed by atoms with Crippen molar-refractivity contribution < 1.29 is 5.11 Å². The predicted octanol–water partition coefficient (Wildman–Crippen LogP) is 5.07. The molecule has 1 aromatic carbocycles. The quantitative estimate of drug-likeness (QED) is 0.786. The molecule has 90 valence electrons. The summed E-state index contributed by atoms with van der Waals surface area (Å²) in [5.41, 5.74) is 0.985. The van der Waals surface area contributed by atoms with Gasteiger partial charge in [0.1, 0.15) is 0 Å². The van der Waals surface area contributed by atoms with E-state index in [1.165, 1.54) is 6.42 Å². The zero-order valence-corrected chi connectivity index (χ0v) is 12.9. The van der Waals surface area contributed by atoms with Gasteiger partial charge in [-0.3, -0.25) is 0 Å². The molecule has 1 rings (SSSR count). The molecule has 1 atom stereocenters. The Morgan fingerprint density at radius 3 is 2.38 bits per heavy atom. The number of rotatable bonds is 5. The monoisotopic (exact) mass is 348 g/mol. The lowest BCUT2D eigenvalue weighted by Gasteiger charge is -2.12.